The highest BCUT2D eigenvalue weighted by Crippen LogP contribution is 2.44. The maximum atomic E-state index is 13.5. The van der Waals surface area contributed by atoms with Crippen LogP contribution in [0.3, 0.4) is 0 Å². The second-order valence-electron chi connectivity index (χ2n) is 10.1. The third kappa shape index (κ3) is 5.77. The quantitative estimate of drug-likeness (QED) is 0.148. The Kier molecular flexibility index (Phi) is 8.74. The van der Waals surface area contributed by atoms with Crippen molar-refractivity contribution in [2.75, 3.05) is 34.5 Å². The Balaban J connectivity index is 1.41. The van der Waals surface area contributed by atoms with Crippen molar-refractivity contribution in [3.05, 3.63) is 70.5 Å². The number of rotatable bonds is 11. The number of pyridine rings is 1. The van der Waals surface area contributed by atoms with Crippen LogP contribution in [0.5, 0.6) is 34.5 Å². The molecule has 230 valence electrons. The van der Waals surface area contributed by atoms with E-state index >= 15 is 0 Å². The van der Waals surface area contributed by atoms with E-state index in [1.807, 2.05) is 31.2 Å². The molecule has 0 radical (unpaired) electrons. The average molecular weight is 605 g/mol. The number of esters is 2. The highest BCUT2D eigenvalue weighted by atomic mass is 16.6. The zero-order chi connectivity index (χ0) is 31.5. The van der Waals surface area contributed by atoms with E-state index in [1.54, 1.807) is 25.3 Å². The summed E-state index contributed by atoms with van der Waals surface area (Å²) in [6, 6.07) is 15.3. The molecule has 4 aromatic rings. The fraction of sp³-hybridized carbons (Fsp3) is 0.281. The van der Waals surface area contributed by atoms with E-state index in [0.717, 1.165) is 11.3 Å². The summed E-state index contributed by atoms with van der Waals surface area (Å²) < 4.78 is 34.1. The Labute approximate surface area is 252 Å². The minimum atomic E-state index is -1.24. The van der Waals surface area contributed by atoms with Gasteiger partial charge in [0, 0.05) is 36.8 Å². The molecule has 1 aliphatic heterocycles. The molecule has 0 bridgehead atoms. The molecule has 0 aliphatic carbocycles. The number of methoxy groups -OCH3 is 3. The fourth-order valence-electron chi connectivity index (χ4n) is 5.07. The maximum Gasteiger partial charge on any atom is 0.423 e. The van der Waals surface area contributed by atoms with Crippen LogP contribution in [0, 0.1) is 0 Å². The summed E-state index contributed by atoms with van der Waals surface area (Å²) >= 11 is 0. The summed E-state index contributed by atoms with van der Waals surface area (Å²) in [6.45, 7) is 2.19. The number of para-hydroxylation sites is 1. The molecule has 44 heavy (non-hydrogen) atoms. The molecule has 5 rings (SSSR count). The molecule has 3 aromatic carbocycles. The van der Waals surface area contributed by atoms with Gasteiger partial charge in [0.25, 0.3) is 5.56 Å². The van der Waals surface area contributed by atoms with Crippen LogP contribution in [0.1, 0.15) is 18.5 Å². The first-order chi connectivity index (χ1) is 21.2. The number of carbonyl (C=O) groups excluding carboxylic acids is 2. The molecule has 12 nitrogen and oxygen atoms in total. The van der Waals surface area contributed by atoms with E-state index in [2.05, 4.69) is 5.32 Å². The molecule has 0 saturated heterocycles. The topological polar surface area (TPSA) is 144 Å². The molecule has 0 spiro atoms. The number of aliphatic hydroxyl groups excluding tert-OH is 1. The van der Waals surface area contributed by atoms with Crippen molar-refractivity contribution in [1.29, 1.82) is 0 Å². The van der Waals surface area contributed by atoms with Gasteiger partial charge in [-0.2, -0.15) is 0 Å². The highest BCUT2D eigenvalue weighted by Gasteiger charge is 2.32. The Hall–Kier alpha value is -5.07. The van der Waals surface area contributed by atoms with Crippen LogP contribution >= 0.6 is 0 Å². The zero-order valence-electron chi connectivity index (χ0n) is 24.8. The lowest BCUT2D eigenvalue weighted by Gasteiger charge is -2.20. The van der Waals surface area contributed by atoms with Gasteiger partial charge in [-0.25, -0.2) is 9.59 Å². The predicted octanol–water partition coefficient (Wildman–Crippen LogP) is 3.15. The molecule has 1 aliphatic rings. The number of nitrogens with one attached hydrogen (secondary N) is 1. The Bertz CT molecular complexity index is 1800. The van der Waals surface area contributed by atoms with E-state index < -0.39 is 23.6 Å². The van der Waals surface area contributed by atoms with Gasteiger partial charge >= 0.3 is 11.9 Å². The molecular weight excluding hydrogens is 572 g/mol. The van der Waals surface area contributed by atoms with Gasteiger partial charge in [0.15, 0.2) is 17.2 Å². The molecule has 2 N–H and O–H groups in total. The fourth-order valence-corrected chi connectivity index (χ4v) is 5.07. The number of benzene rings is 3. The van der Waals surface area contributed by atoms with E-state index in [-0.39, 0.29) is 52.9 Å². The number of hydrogen-bond acceptors (Lipinski definition) is 11. The largest absolute Gasteiger partial charge is 0.497 e. The molecule has 0 saturated carbocycles. The van der Waals surface area contributed by atoms with Crippen LogP contribution in [0.4, 0.5) is 0 Å². The van der Waals surface area contributed by atoms with Gasteiger partial charge < -0.3 is 43.4 Å². The molecule has 2 heterocycles. The summed E-state index contributed by atoms with van der Waals surface area (Å²) in [4.78, 5) is 38.3. The summed E-state index contributed by atoms with van der Waals surface area (Å²) in [5.74, 6) is -0.894. The minimum Gasteiger partial charge on any atom is -0.497 e. The van der Waals surface area contributed by atoms with Crippen molar-refractivity contribution >= 4 is 22.7 Å². The van der Waals surface area contributed by atoms with Gasteiger partial charge in [0.2, 0.25) is 0 Å². The lowest BCUT2D eigenvalue weighted by molar-refractivity contribution is -0.155. The Morgan fingerprint density at radius 1 is 0.886 bits per heavy atom. The van der Waals surface area contributed by atoms with Gasteiger partial charge in [-0.05, 0) is 37.3 Å². The van der Waals surface area contributed by atoms with Gasteiger partial charge in [-0.3, -0.25) is 4.79 Å². The smallest absolute Gasteiger partial charge is 0.423 e. The third-order valence-corrected chi connectivity index (χ3v) is 7.32. The van der Waals surface area contributed by atoms with E-state index in [1.165, 1.54) is 38.0 Å². The minimum absolute atomic E-state index is 0.0306. The monoisotopic (exact) mass is 604 g/mol. The number of aliphatic hydroxyl groups is 1. The molecule has 0 amide bonds. The molecular formula is C32H32N2O10. The molecule has 2 unspecified atom stereocenters. The first-order valence-electron chi connectivity index (χ1n) is 13.7. The molecule has 0 fully saturated rings. The second kappa shape index (κ2) is 12.7. The number of carbonyl (C=O) groups is 2. The van der Waals surface area contributed by atoms with Crippen molar-refractivity contribution in [2.24, 2.45) is 7.05 Å². The van der Waals surface area contributed by atoms with Crippen LogP contribution in [0.25, 0.3) is 22.0 Å². The van der Waals surface area contributed by atoms with Crippen molar-refractivity contribution in [1.82, 2.24) is 9.88 Å². The molecule has 2 atom stereocenters. The lowest BCUT2D eigenvalue weighted by atomic mass is 10.0. The SMILES string of the molecule is COc1cc2c3c(c(-c4ccc(OCC(O)CNC(C)c5ccccc5OC)c(OC)c4)n(C)c(=O)c3c1)OC(=O)C(=O)O2. The van der Waals surface area contributed by atoms with Crippen molar-refractivity contribution in [2.45, 2.75) is 19.1 Å². The third-order valence-electron chi connectivity index (χ3n) is 7.32. The first kappa shape index (κ1) is 30.4. The number of nitrogens with zero attached hydrogens (tertiary/aromatic N) is 1. The van der Waals surface area contributed by atoms with Crippen molar-refractivity contribution in [3.63, 3.8) is 0 Å². The van der Waals surface area contributed by atoms with E-state index in [0.29, 0.717) is 17.1 Å². The van der Waals surface area contributed by atoms with Crippen molar-refractivity contribution < 1.29 is 43.1 Å². The molecule has 1 aromatic heterocycles. The number of ether oxygens (including phenoxy) is 6. The second-order valence-corrected chi connectivity index (χ2v) is 10.1. The van der Waals surface area contributed by atoms with Crippen molar-refractivity contribution in [3.8, 4) is 45.8 Å². The van der Waals surface area contributed by atoms with Crippen LogP contribution in [0.2, 0.25) is 0 Å². The zero-order valence-corrected chi connectivity index (χ0v) is 24.8. The summed E-state index contributed by atoms with van der Waals surface area (Å²) in [5, 5.41) is 14.2. The van der Waals surface area contributed by atoms with Crippen LogP contribution < -0.4 is 39.3 Å². The standard InChI is InChI=1S/C32H32N2O10/c1-17(21-8-6-7-9-23(21)40-4)33-15-19(35)16-42-24-11-10-18(12-25(24)41-5)28-29-27-22(30(36)34(28)2)13-20(39-3)14-26(27)43-31(37)32(38)44-29/h6-14,17,19,33,35H,15-16H2,1-5H3. The Morgan fingerprint density at radius 2 is 1.61 bits per heavy atom. The van der Waals surface area contributed by atoms with Gasteiger partial charge in [-0.15, -0.1) is 0 Å². The Morgan fingerprint density at radius 3 is 2.34 bits per heavy atom. The first-order valence-corrected chi connectivity index (χ1v) is 13.7. The molecule has 12 heteroatoms. The summed E-state index contributed by atoms with van der Waals surface area (Å²) in [5.41, 5.74) is 1.17. The van der Waals surface area contributed by atoms with Crippen LogP contribution in [-0.4, -0.2) is 62.2 Å². The van der Waals surface area contributed by atoms with Crippen LogP contribution in [0.15, 0.2) is 59.4 Å². The lowest BCUT2D eigenvalue weighted by Crippen LogP contribution is -2.33. The number of hydrogen-bond donors (Lipinski definition) is 2. The average Bonchev–Trinajstić information content (AvgIpc) is 3.16. The maximum absolute atomic E-state index is 13.5. The number of aromatic nitrogens is 1. The van der Waals surface area contributed by atoms with E-state index in [9.17, 15) is 19.5 Å². The van der Waals surface area contributed by atoms with Crippen LogP contribution in [-0.2, 0) is 16.6 Å². The highest BCUT2D eigenvalue weighted by molar-refractivity contribution is 6.32. The summed E-state index contributed by atoms with van der Waals surface area (Å²) in [6.07, 6.45) is -0.849. The van der Waals surface area contributed by atoms with Gasteiger partial charge in [0.05, 0.1) is 37.8 Å². The summed E-state index contributed by atoms with van der Waals surface area (Å²) in [7, 11) is 5.98. The van der Waals surface area contributed by atoms with Gasteiger partial charge in [-0.1, -0.05) is 18.2 Å². The van der Waals surface area contributed by atoms with E-state index in [4.69, 9.17) is 28.4 Å². The normalized spacial score (nSPS) is 13.9. The predicted molar refractivity (Wildman–Crippen MR) is 160 cm³/mol. The van der Waals surface area contributed by atoms with Gasteiger partial charge in [0.1, 0.15) is 30.0 Å².